The van der Waals surface area contributed by atoms with Crippen LogP contribution in [0.25, 0.3) is 0 Å². The van der Waals surface area contributed by atoms with E-state index in [4.69, 9.17) is 4.74 Å². The maximum atomic E-state index is 14.3. The number of carbonyl (C=O) groups excluding carboxylic acids is 3. The van der Waals surface area contributed by atoms with Crippen LogP contribution in [0.4, 0.5) is 10.5 Å². The zero-order valence-electron chi connectivity index (χ0n) is 24.4. The van der Waals surface area contributed by atoms with Gasteiger partial charge < -0.3 is 25.4 Å². The number of hydrogen-bond donors (Lipinski definition) is 3. The monoisotopic (exact) mass is 539 g/mol. The lowest BCUT2D eigenvalue weighted by Crippen LogP contribution is -2.55. The van der Waals surface area contributed by atoms with E-state index < -0.39 is 29.7 Å². The van der Waals surface area contributed by atoms with Gasteiger partial charge in [0.05, 0.1) is 0 Å². The van der Waals surface area contributed by atoms with E-state index in [9.17, 15) is 19.5 Å². The average Bonchev–Trinajstić information content (AvgIpc) is 2.86. The minimum Gasteiger partial charge on any atom is -0.508 e. The molecule has 3 unspecified atom stereocenters. The minimum absolute atomic E-state index is 0.00694. The van der Waals surface area contributed by atoms with Gasteiger partial charge in [-0.05, 0) is 69.4 Å². The predicted molar refractivity (Wildman–Crippen MR) is 155 cm³/mol. The lowest BCUT2D eigenvalue weighted by Gasteiger charge is -2.36. The Morgan fingerprint density at radius 2 is 1.72 bits per heavy atom. The highest BCUT2D eigenvalue weighted by Crippen LogP contribution is 2.29. The van der Waals surface area contributed by atoms with E-state index in [-0.39, 0.29) is 17.6 Å². The molecule has 8 heteroatoms. The summed E-state index contributed by atoms with van der Waals surface area (Å²) in [6.45, 7) is 13.4. The standard InChI is InChI=1S/C31H45N3O5/c1-8-10-13-19-34(29(37)26(21(3)9-2)33-30(38)39-31(5,6)7)27(23-16-14-17-24(35)20-23)28(36)32-25-18-12-11-15-22(25)4/h11-12,14-18,20-21,26-27,35H,8-10,13,19H2,1-7H3,(H,32,36)(H,33,38). The molecule has 0 heterocycles. The molecule has 2 aromatic rings. The molecule has 2 aromatic carbocycles. The van der Waals surface area contributed by atoms with Gasteiger partial charge in [-0.1, -0.05) is 70.4 Å². The van der Waals surface area contributed by atoms with E-state index in [0.29, 0.717) is 30.6 Å². The summed E-state index contributed by atoms with van der Waals surface area (Å²) in [7, 11) is 0. The van der Waals surface area contributed by atoms with Crippen LogP contribution in [0.1, 0.15) is 84.4 Å². The molecule has 3 N–H and O–H groups in total. The summed E-state index contributed by atoms with van der Waals surface area (Å²) in [5, 5.41) is 16.0. The third-order valence-corrected chi connectivity index (χ3v) is 6.59. The van der Waals surface area contributed by atoms with Crippen molar-refractivity contribution in [3.63, 3.8) is 0 Å². The molecule has 0 spiro atoms. The number of unbranched alkanes of at least 4 members (excludes halogenated alkanes) is 2. The number of aromatic hydroxyl groups is 1. The van der Waals surface area contributed by atoms with Gasteiger partial charge in [0.15, 0.2) is 0 Å². The Morgan fingerprint density at radius 3 is 2.31 bits per heavy atom. The Balaban J connectivity index is 2.56. The normalized spacial score (nSPS) is 13.6. The summed E-state index contributed by atoms with van der Waals surface area (Å²) >= 11 is 0. The number of anilines is 1. The number of carbonyl (C=O) groups is 3. The fourth-order valence-electron chi connectivity index (χ4n) is 4.28. The molecule has 3 atom stereocenters. The van der Waals surface area contributed by atoms with E-state index >= 15 is 0 Å². The molecule has 8 nitrogen and oxygen atoms in total. The third-order valence-electron chi connectivity index (χ3n) is 6.59. The largest absolute Gasteiger partial charge is 0.508 e. The molecule has 2 rings (SSSR count). The molecule has 0 aliphatic rings. The molecule has 0 aliphatic carbocycles. The third kappa shape index (κ3) is 9.61. The molecule has 0 aromatic heterocycles. The van der Waals surface area contributed by atoms with Gasteiger partial charge in [0.1, 0.15) is 23.4 Å². The first-order valence-corrected chi connectivity index (χ1v) is 13.8. The number of nitrogens with one attached hydrogen (secondary N) is 2. The molecule has 0 saturated heterocycles. The quantitative estimate of drug-likeness (QED) is 0.273. The van der Waals surface area contributed by atoms with E-state index in [2.05, 4.69) is 17.6 Å². The fraction of sp³-hybridized carbons (Fsp3) is 0.516. The molecule has 0 fully saturated rings. The van der Waals surface area contributed by atoms with Gasteiger partial charge in [0.2, 0.25) is 5.91 Å². The highest BCUT2D eigenvalue weighted by Gasteiger charge is 2.38. The Bertz CT molecular complexity index is 1110. The second-order valence-corrected chi connectivity index (χ2v) is 11.0. The van der Waals surface area contributed by atoms with Crippen molar-refractivity contribution in [2.24, 2.45) is 5.92 Å². The van der Waals surface area contributed by atoms with Crippen LogP contribution in [0.15, 0.2) is 48.5 Å². The Morgan fingerprint density at radius 1 is 1.03 bits per heavy atom. The van der Waals surface area contributed by atoms with Gasteiger partial charge >= 0.3 is 6.09 Å². The number of benzene rings is 2. The number of phenolic OH excluding ortho intramolecular Hbond substituents is 1. The first kappa shape index (κ1) is 31.7. The highest BCUT2D eigenvalue weighted by atomic mass is 16.6. The smallest absolute Gasteiger partial charge is 0.408 e. The number of alkyl carbamates (subject to hydrolysis) is 1. The van der Waals surface area contributed by atoms with Gasteiger partial charge in [0, 0.05) is 12.2 Å². The van der Waals surface area contributed by atoms with Crippen LogP contribution < -0.4 is 10.6 Å². The van der Waals surface area contributed by atoms with E-state index in [1.165, 1.54) is 17.0 Å². The Hall–Kier alpha value is -3.55. The van der Waals surface area contributed by atoms with Crippen LogP contribution in [-0.4, -0.2) is 46.1 Å². The van der Waals surface area contributed by atoms with Gasteiger partial charge in [0.25, 0.3) is 5.91 Å². The van der Waals surface area contributed by atoms with Crippen molar-refractivity contribution < 1.29 is 24.2 Å². The molecule has 214 valence electrons. The van der Waals surface area contributed by atoms with Gasteiger partial charge in [-0.3, -0.25) is 9.59 Å². The second kappa shape index (κ2) is 14.6. The van der Waals surface area contributed by atoms with Crippen molar-refractivity contribution in [2.45, 2.75) is 91.8 Å². The number of nitrogens with zero attached hydrogens (tertiary/aromatic N) is 1. The first-order chi connectivity index (χ1) is 18.4. The molecular formula is C31H45N3O5. The molecule has 39 heavy (non-hydrogen) atoms. The SMILES string of the molecule is CCCCCN(C(=O)C(NC(=O)OC(C)(C)C)C(C)CC)C(C(=O)Nc1ccccc1C)c1cccc(O)c1. The molecule has 0 bridgehead atoms. The van der Waals surface area contributed by atoms with E-state index in [0.717, 1.165) is 18.4 Å². The van der Waals surface area contributed by atoms with Gasteiger partial charge in [-0.15, -0.1) is 0 Å². The predicted octanol–water partition coefficient (Wildman–Crippen LogP) is 6.34. The number of rotatable bonds is 12. The summed E-state index contributed by atoms with van der Waals surface area (Å²) in [6, 6.07) is 11.9. The fourth-order valence-corrected chi connectivity index (χ4v) is 4.28. The maximum absolute atomic E-state index is 14.3. The summed E-state index contributed by atoms with van der Waals surface area (Å²) in [6.07, 6.45) is 2.41. The van der Waals surface area contributed by atoms with Crippen LogP contribution in [-0.2, 0) is 14.3 Å². The van der Waals surface area contributed by atoms with Crippen molar-refractivity contribution in [1.82, 2.24) is 10.2 Å². The number of para-hydroxylation sites is 1. The zero-order valence-corrected chi connectivity index (χ0v) is 24.4. The lowest BCUT2D eigenvalue weighted by molar-refractivity contribution is -0.142. The minimum atomic E-state index is -1.03. The van der Waals surface area contributed by atoms with Crippen LogP contribution in [0.2, 0.25) is 0 Å². The molecule has 0 radical (unpaired) electrons. The number of aryl methyl sites for hydroxylation is 1. The summed E-state index contributed by atoms with van der Waals surface area (Å²) in [5.41, 5.74) is 1.27. The summed E-state index contributed by atoms with van der Waals surface area (Å²) < 4.78 is 5.46. The van der Waals surface area contributed by atoms with Gasteiger partial charge in [-0.2, -0.15) is 0 Å². The van der Waals surface area contributed by atoms with E-state index in [1.54, 1.807) is 32.9 Å². The van der Waals surface area contributed by atoms with Crippen LogP contribution in [0.5, 0.6) is 5.75 Å². The number of hydrogen-bond acceptors (Lipinski definition) is 5. The second-order valence-electron chi connectivity index (χ2n) is 11.0. The van der Waals surface area contributed by atoms with E-state index in [1.807, 2.05) is 45.0 Å². The van der Waals surface area contributed by atoms with Crippen molar-refractivity contribution >= 4 is 23.6 Å². The zero-order chi connectivity index (χ0) is 29.2. The average molecular weight is 540 g/mol. The van der Waals surface area contributed by atoms with Crippen molar-refractivity contribution in [3.8, 4) is 5.75 Å². The molecule has 3 amide bonds. The topological polar surface area (TPSA) is 108 Å². The van der Waals surface area contributed by atoms with Crippen molar-refractivity contribution in [3.05, 3.63) is 59.7 Å². The summed E-state index contributed by atoms with van der Waals surface area (Å²) in [4.78, 5) is 42.5. The molecule has 0 aliphatic heterocycles. The highest BCUT2D eigenvalue weighted by molar-refractivity contribution is 5.99. The van der Waals surface area contributed by atoms with Crippen molar-refractivity contribution in [1.29, 1.82) is 0 Å². The van der Waals surface area contributed by atoms with Gasteiger partial charge in [-0.25, -0.2) is 4.79 Å². The van der Waals surface area contributed by atoms with Crippen LogP contribution in [0.3, 0.4) is 0 Å². The van der Waals surface area contributed by atoms with Crippen LogP contribution in [0, 0.1) is 12.8 Å². The Kier molecular flexibility index (Phi) is 11.8. The Labute approximate surface area is 233 Å². The van der Waals surface area contributed by atoms with Crippen molar-refractivity contribution in [2.75, 3.05) is 11.9 Å². The maximum Gasteiger partial charge on any atom is 0.408 e. The number of phenols is 1. The summed E-state index contributed by atoms with van der Waals surface area (Å²) in [5.74, 6) is -1.00. The molecular weight excluding hydrogens is 494 g/mol. The van der Waals surface area contributed by atoms with Crippen LogP contribution >= 0.6 is 0 Å². The number of ether oxygens (including phenoxy) is 1. The lowest BCUT2D eigenvalue weighted by atomic mass is 9.95. The first-order valence-electron chi connectivity index (χ1n) is 13.8. The number of amides is 3. The molecule has 0 saturated carbocycles.